The number of hydrogen-bond donors (Lipinski definition) is 0. The van der Waals surface area contributed by atoms with E-state index in [0.717, 1.165) is 12.1 Å². The average Bonchev–Trinajstić information content (AvgIpc) is 2.59. The van der Waals surface area contributed by atoms with Crippen LogP contribution in [0.15, 0.2) is 12.4 Å². The van der Waals surface area contributed by atoms with Gasteiger partial charge >= 0.3 is 0 Å². The fourth-order valence-electron chi connectivity index (χ4n) is 1.63. The number of halogens is 2. The molecule has 1 aromatic rings. The topological polar surface area (TPSA) is 29.0 Å². The van der Waals surface area contributed by atoms with Crippen LogP contribution < -0.4 is 4.90 Å². The van der Waals surface area contributed by atoms with E-state index in [9.17, 15) is 8.78 Å². The van der Waals surface area contributed by atoms with Crippen molar-refractivity contribution in [1.82, 2.24) is 9.97 Å². The molecule has 1 aromatic heterocycles. The number of rotatable bonds is 2. The van der Waals surface area contributed by atoms with Gasteiger partial charge in [-0.15, -0.1) is 0 Å². The maximum Gasteiger partial charge on any atom is 0.266 e. The highest BCUT2D eigenvalue weighted by Gasteiger charge is 2.38. The van der Waals surface area contributed by atoms with Gasteiger partial charge in [0.1, 0.15) is 5.82 Å². The molecule has 0 saturated carbocycles. The second kappa shape index (κ2) is 3.72. The minimum absolute atomic E-state index is 0.0930. The van der Waals surface area contributed by atoms with E-state index in [4.69, 9.17) is 0 Å². The molecule has 3 nitrogen and oxygen atoms in total. The van der Waals surface area contributed by atoms with Crippen LogP contribution in [0.3, 0.4) is 0 Å². The Morgan fingerprint density at radius 3 is 2.67 bits per heavy atom. The molecule has 2 heterocycles. The molecule has 0 amide bonds. The Balaban J connectivity index is 2.11. The molecule has 0 aromatic carbocycles. The van der Waals surface area contributed by atoms with Gasteiger partial charge in [0.15, 0.2) is 0 Å². The van der Waals surface area contributed by atoms with Gasteiger partial charge < -0.3 is 4.90 Å². The van der Waals surface area contributed by atoms with Gasteiger partial charge in [0.25, 0.3) is 5.92 Å². The fourth-order valence-corrected chi connectivity index (χ4v) is 1.63. The Morgan fingerprint density at radius 2 is 2.20 bits per heavy atom. The molecule has 1 aliphatic rings. The largest absolute Gasteiger partial charge is 0.349 e. The van der Waals surface area contributed by atoms with Gasteiger partial charge in [0, 0.05) is 13.0 Å². The van der Waals surface area contributed by atoms with Crippen LogP contribution in [-0.4, -0.2) is 29.0 Å². The van der Waals surface area contributed by atoms with Crippen molar-refractivity contribution in [3.05, 3.63) is 18.1 Å². The normalized spacial score (nSPS) is 19.5. The number of nitrogens with zero attached hydrogens (tertiary/aromatic N) is 3. The van der Waals surface area contributed by atoms with Crippen LogP contribution in [0.2, 0.25) is 0 Å². The van der Waals surface area contributed by atoms with E-state index in [2.05, 4.69) is 9.97 Å². The first-order chi connectivity index (χ1) is 7.11. The molecule has 0 aliphatic carbocycles. The summed E-state index contributed by atoms with van der Waals surface area (Å²) in [4.78, 5) is 9.84. The lowest BCUT2D eigenvalue weighted by Gasteiger charge is -2.16. The minimum Gasteiger partial charge on any atom is -0.349 e. The molecule has 5 heteroatoms. The van der Waals surface area contributed by atoms with Crippen molar-refractivity contribution < 1.29 is 8.78 Å². The zero-order valence-corrected chi connectivity index (χ0v) is 8.58. The monoisotopic (exact) mass is 213 g/mol. The summed E-state index contributed by atoms with van der Waals surface area (Å²) >= 11 is 0. The highest BCUT2D eigenvalue weighted by molar-refractivity contribution is 5.38. The van der Waals surface area contributed by atoms with Crippen LogP contribution in [0.5, 0.6) is 0 Å². The van der Waals surface area contributed by atoms with Crippen LogP contribution in [0.1, 0.15) is 19.0 Å². The van der Waals surface area contributed by atoms with E-state index in [-0.39, 0.29) is 13.0 Å². The number of hydrogen-bond acceptors (Lipinski definition) is 3. The third-order valence-corrected chi connectivity index (χ3v) is 2.55. The predicted molar refractivity (Wildman–Crippen MR) is 53.2 cm³/mol. The average molecular weight is 213 g/mol. The molecule has 1 fully saturated rings. The van der Waals surface area contributed by atoms with Crippen molar-refractivity contribution in [2.24, 2.45) is 0 Å². The highest BCUT2D eigenvalue weighted by Crippen LogP contribution is 2.29. The van der Waals surface area contributed by atoms with Gasteiger partial charge in [-0.1, -0.05) is 6.92 Å². The molecule has 0 radical (unpaired) electrons. The summed E-state index contributed by atoms with van der Waals surface area (Å²) in [7, 11) is 0. The first-order valence-corrected chi connectivity index (χ1v) is 5.04. The van der Waals surface area contributed by atoms with Crippen molar-refractivity contribution in [3.63, 3.8) is 0 Å². The van der Waals surface area contributed by atoms with E-state index in [0.29, 0.717) is 12.4 Å². The van der Waals surface area contributed by atoms with Crippen molar-refractivity contribution in [3.8, 4) is 0 Å². The molecule has 0 atom stereocenters. The van der Waals surface area contributed by atoms with E-state index in [1.165, 1.54) is 0 Å². The molecular weight excluding hydrogens is 200 g/mol. The first kappa shape index (κ1) is 10.3. The maximum absolute atomic E-state index is 12.9. The van der Waals surface area contributed by atoms with Gasteiger partial charge in [0.05, 0.1) is 24.6 Å². The van der Waals surface area contributed by atoms with E-state index in [1.54, 1.807) is 17.3 Å². The Labute approximate surface area is 87.1 Å². The molecule has 2 rings (SSSR count). The number of aromatic nitrogens is 2. The summed E-state index contributed by atoms with van der Waals surface area (Å²) in [5.41, 5.74) is 0.879. The summed E-state index contributed by atoms with van der Waals surface area (Å²) in [5, 5.41) is 0. The number of alkyl halides is 2. The maximum atomic E-state index is 12.9. The van der Waals surface area contributed by atoms with Crippen LogP contribution in [0, 0.1) is 0 Å². The third kappa shape index (κ3) is 2.22. The summed E-state index contributed by atoms with van der Waals surface area (Å²) in [6, 6.07) is 0. The summed E-state index contributed by atoms with van der Waals surface area (Å²) < 4.78 is 25.9. The Bertz CT molecular complexity index is 337. The van der Waals surface area contributed by atoms with E-state index in [1.807, 2.05) is 6.92 Å². The molecular formula is C10H13F2N3. The van der Waals surface area contributed by atoms with Gasteiger partial charge in [0.2, 0.25) is 0 Å². The second-order valence-electron chi connectivity index (χ2n) is 3.75. The second-order valence-corrected chi connectivity index (χ2v) is 3.75. The molecule has 1 aliphatic heterocycles. The highest BCUT2D eigenvalue weighted by atomic mass is 19.3. The minimum atomic E-state index is -2.58. The third-order valence-electron chi connectivity index (χ3n) is 2.55. The van der Waals surface area contributed by atoms with Gasteiger partial charge in [-0.2, -0.15) is 0 Å². The fraction of sp³-hybridized carbons (Fsp3) is 0.600. The SMILES string of the molecule is CCc1cnc(N2CCC(F)(F)C2)cn1. The predicted octanol–water partition coefficient (Wildman–Crippen LogP) is 1.88. The Hall–Kier alpha value is -1.26. The smallest absolute Gasteiger partial charge is 0.266 e. The molecule has 82 valence electrons. The first-order valence-electron chi connectivity index (χ1n) is 5.04. The lowest BCUT2D eigenvalue weighted by molar-refractivity contribution is 0.0256. The molecule has 0 bridgehead atoms. The number of aryl methyl sites for hydroxylation is 1. The van der Waals surface area contributed by atoms with Gasteiger partial charge in [-0.05, 0) is 6.42 Å². The van der Waals surface area contributed by atoms with Crippen LogP contribution in [0.4, 0.5) is 14.6 Å². The van der Waals surface area contributed by atoms with Crippen LogP contribution in [-0.2, 0) is 6.42 Å². The van der Waals surface area contributed by atoms with E-state index < -0.39 is 5.92 Å². The van der Waals surface area contributed by atoms with Crippen molar-refractivity contribution in [2.45, 2.75) is 25.7 Å². The summed E-state index contributed by atoms with van der Waals surface area (Å²) in [5.74, 6) is -2.03. The molecule has 1 saturated heterocycles. The van der Waals surface area contributed by atoms with E-state index >= 15 is 0 Å². The van der Waals surface area contributed by atoms with Gasteiger partial charge in [-0.3, -0.25) is 4.98 Å². The Morgan fingerprint density at radius 1 is 1.40 bits per heavy atom. The van der Waals surface area contributed by atoms with Crippen molar-refractivity contribution in [2.75, 3.05) is 18.0 Å². The lowest BCUT2D eigenvalue weighted by Crippen LogP contribution is -2.25. The van der Waals surface area contributed by atoms with Crippen LogP contribution >= 0.6 is 0 Å². The molecule has 0 N–H and O–H groups in total. The Kier molecular flexibility index (Phi) is 2.54. The zero-order valence-electron chi connectivity index (χ0n) is 8.58. The quantitative estimate of drug-likeness (QED) is 0.751. The van der Waals surface area contributed by atoms with Crippen molar-refractivity contribution in [1.29, 1.82) is 0 Å². The standard InChI is InChI=1S/C10H13F2N3/c1-2-8-5-14-9(6-13-8)15-4-3-10(11,12)7-15/h5-6H,2-4,7H2,1H3. The summed E-state index contributed by atoms with van der Waals surface area (Å²) in [6.07, 6.45) is 3.93. The zero-order chi connectivity index (χ0) is 10.9. The van der Waals surface area contributed by atoms with Crippen molar-refractivity contribution >= 4 is 5.82 Å². The summed E-state index contributed by atoms with van der Waals surface area (Å²) in [6.45, 7) is 2.09. The molecule has 0 spiro atoms. The number of anilines is 1. The molecule has 15 heavy (non-hydrogen) atoms. The van der Waals surface area contributed by atoms with Gasteiger partial charge in [-0.25, -0.2) is 13.8 Å². The molecule has 0 unspecified atom stereocenters. The lowest BCUT2D eigenvalue weighted by atomic mass is 10.3. The van der Waals surface area contributed by atoms with Crippen LogP contribution in [0.25, 0.3) is 0 Å².